The zero-order valence-corrected chi connectivity index (χ0v) is 23.5. The highest BCUT2D eigenvalue weighted by molar-refractivity contribution is 5.83. The van der Waals surface area contributed by atoms with Crippen molar-refractivity contribution >= 4 is 11.9 Å². The minimum Gasteiger partial charge on any atom is -0.466 e. The van der Waals surface area contributed by atoms with Gasteiger partial charge < -0.3 is 9.47 Å². The quantitative estimate of drug-likeness (QED) is 0.0648. The Labute approximate surface area is 228 Å². The van der Waals surface area contributed by atoms with Crippen molar-refractivity contribution in [3.63, 3.8) is 0 Å². The van der Waals surface area contributed by atoms with Crippen molar-refractivity contribution in [2.24, 2.45) is 0 Å². The number of unbranched alkanes of at least 4 members (excludes halogenated alkanes) is 18. The first-order chi connectivity index (χ1) is 18.3. The van der Waals surface area contributed by atoms with Crippen LogP contribution in [0.25, 0.3) is 0 Å². The molecule has 1 atom stereocenters. The Morgan fingerprint density at radius 3 is 1.23 bits per heavy atom. The number of methoxy groups -OCH3 is 1. The summed E-state index contributed by atoms with van der Waals surface area (Å²) in [6.45, 7) is 2.23. The Bertz CT molecular complexity index is 654. The van der Waals surface area contributed by atoms with Crippen molar-refractivity contribution < 1.29 is 49.8 Å². The van der Waals surface area contributed by atoms with Crippen LogP contribution in [0.5, 0.6) is 0 Å². The van der Waals surface area contributed by atoms with E-state index in [1.807, 2.05) is 0 Å². The minimum absolute atomic E-state index is 0.215. The lowest BCUT2D eigenvalue weighted by Crippen LogP contribution is -2.57. The topological polar surface area (TPSA) is 52.6 Å². The largest absolute Gasteiger partial charge is 0.466 e. The third-order valence-corrected chi connectivity index (χ3v) is 6.79. The van der Waals surface area contributed by atoms with Gasteiger partial charge in [-0.25, -0.2) is 9.59 Å². The maximum Gasteiger partial charge on any atom is 0.460 e. The lowest BCUT2D eigenvalue weighted by atomic mass is 10.0. The number of halogens is 7. The van der Waals surface area contributed by atoms with Gasteiger partial charge in [-0.2, -0.15) is 30.7 Å². The summed E-state index contributed by atoms with van der Waals surface area (Å²) in [5.41, 5.74) is 0. The van der Waals surface area contributed by atoms with Crippen LogP contribution in [0, 0.1) is 0 Å². The van der Waals surface area contributed by atoms with Gasteiger partial charge in [-0.1, -0.05) is 122 Å². The smallest absolute Gasteiger partial charge is 0.460 e. The molecule has 0 aromatic rings. The molecule has 1 unspecified atom stereocenters. The van der Waals surface area contributed by atoms with Crippen LogP contribution in [0.15, 0.2) is 0 Å². The molecule has 0 radical (unpaired) electrons. The standard InChI is InChI=1S/C28H47F7O4/c1-3-4-5-6-7-8-9-10-11-12-13-14-15-16-17-18-19-20-21-22-23(24(36)38-2)39-25(37)26(29,30)27(31,32)28(33,34)35/h23H,3-22H2,1-2H3. The second-order valence-electron chi connectivity index (χ2n) is 10.2. The van der Waals surface area contributed by atoms with Gasteiger partial charge in [0.2, 0.25) is 0 Å². The first-order valence-electron chi connectivity index (χ1n) is 14.4. The SMILES string of the molecule is CCCCCCCCCCCCCCCCCCCCCC(OC(=O)C(F)(F)C(F)(F)C(F)(F)F)C(=O)OC. The molecule has 0 bridgehead atoms. The number of alkyl halides is 7. The minimum atomic E-state index is -6.68. The summed E-state index contributed by atoms with van der Waals surface area (Å²) < 4.78 is 98.2. The van der Waals surface area contributed by atoms with Crippen molar-refractivity contribution in [1.29, 1.82) is 0 Å². The van der Waals surface area contributed by atoms with Crippen molar-refractivity contribution in [1.82, 2.24) is 0 Å². The van der Waals surface area contributed by atoms with Gasteiger partial charge >= 0.3 is 30.0 Å². The number of carbonyl (C=O) groups excluding carboxylic acids is 2. The summed E-state index contributed by atoms with van der Waals surface area (Å²) in [5, 5.41) is 0. The monoisotopic (exact) mass is 580 g/mol. The predicted molar refractivity (Wildman–Crippen MR) is 136 cm³/mol. The number of esters is 2. The first-order valence-corrected chi connectivity index (χ1v) is 14.4. The van der Waals surface area contributed by atoms with E-state index >= 15 is 0 Å². The van der Waals surface area contributed by atoms with Crippen molar-refractivity contribution in [2.45, 2.75) is 159 Å². The molecular formula is C28H47F7O4. The van der Waals surface area contributed by atoms with Gasteiger partial charge in [0.1, 0.15) is 0 Å². The Balaban J connectivity index is 3.97. The fraction of sp³-hybridized carbons (Fsp3) is 0.929. The van der Waals surface area contributed by atoms with Crippen LogP contribution in [0.1, 0.15) is 135 Å². The maximum atomic E-state index is 13.5. The van der Waals surface area contributed by atoms with E-state index in [0.717, 1.165) is 39.2 Å². The van der Waals surface area contributed by atoms with E-state index in [1.54, 1.807) is 0 Å². The highest BCUT2D eigenvalue weighted by Gasteiger charge is 2.77. The second-order valence-corrected chi connectivity index (χ2v) is 10.2. The molecule has 0 heterocycles. The van der Waals surface area contributed by atoms with Gasteiger partial charge in [0.25, 0.3) is 0 Å². The van der Waals surface area contributed by atoms with Crippen LogP contribution < -0.4 is 0 Å². The van der Waals surface area contributed by atoms with E-state index in [1.165, 1.54) is 77.0 Å². The molecule has 4 nitrogen and oxygen atoms in total. The van der Waals surface area contributed by atoms with E-state index < -0.39 is 36.1 Å². The Kier molecular flexibility index (Phi) is 19.5. The lowest BCUT2D eigenvalue weighted by molar-refractivity contribution is -0.349. The zero-order valence-electron chi connectivity index (χ0n) is 23.5. The molecule has 0 aromatic carbocycles. The van der Waals surface area contributed by atoms with E-state index in [-0.39, 0.29) is 12.8 Å². The normalized spacial score (nSPS) is 13.4. The second kappa shape index (κ2) is 20.3. The lowest BCUT2D eigenvalue weighted by Gasteiger charge is -2.27. The van der Waals surface area contributed by atoms with Crippen LogP contribution in [0.2, 0.25) is 0 Å². The van der Waals surface area contributed by atoms with E-state index in [9.17, 15) is 40.3 Å². The molecule has 39 heavy (non-hydrogen) atoms. The number of carbonyl (C=O) groups is 2. The van der Waals surface area contributed by atoms with Crippen molar-refractivity contribution in [2.75, 3.05) is 7.11 Å². The number of ether oxygens (including phenoxy) is 2. The van der Waals surface area contributed by atoms with Gasteiger partial charge in [-0.15, -0.1) is 0 Å². The molecule has 0 saturated heterocycles. The average molecular weight is 581 g/mol. The number of hydrogen-bond acceptors (Lipinski definition) is 4. The molecule has 11 heteroatoms. The fourth-order valence-electron chi connectivity index (χ4n) is 4.27. The molecular weight excluding hydrogens is 533 g/mol. The van der Waals surface area contributed by atoms with Gasteiger partial charge in [0.05, 0.1) is 7.11 Å². The molecule has 0 aliphatic heterocycles. The van der Waals surface area contributed by atoms with Gasteiger partial charge in [-0.3, -0.25) is 0 Å². The molecule has 0 N–H and O–H groups in total. The molecule has 0 amide bonds. The van der Waals surface area contributed by atoms with Gasteiger partial charge in [0, 0.05) is 0 Å². The number of rotatable bonds is 24. The molecule has 0 spiro atoms. The van der Waals surface area contributed by atoms with Crippen LogP contribution in [0.4, 0.5) is 30.7 Å². The summed E-state index contributed by atoms with van der Waals surface area (Å²) >= 11 is 0. The zero-order chi connectivity index (χ0) is 29.8. The average Bonchev–Trinajstić information content (AvgIpc) is 2.87. The van der Waals surface area contributed by atoms with E-state index in [0.29, 0.717) is 6.42 Å². The first kappa shape index (κ1) is 37.5. The summed E-state index contributed by atoms with van der Waals surface area (Å²) in [7, 11) is 0.849. The molecule has 0 fully saturated rings. The Hall–Kier alpha value is -1.55. The van der Waals surface area contributed by atoms with E-state index in [2.05, 4.69) is 16.4 Å². The summed E-state index contributed by atoms with van der Waals surface area (Å²) in [5.74, 6) is -17.3. The third-order valence-electron chi connectivity index (χ3n) is 6.79. The molecule has 0 aliphatic rings. The molecule has 232 valence electrons. The van der Waals surface area contributed by atoms with Crippen molar-refractivity contribution in [3.05, 3.63) is 0 Å². The van der Waals surface area contributed by atoms with E-state index in [4.69, 9.17) is 0 Å². The van der Waals surface area contributed by atoms with Crippen LogP contribution in [-0.4, -0.2) is 43.2 Å². The van der Waals surface area contributed by atoms with Crippen molar-refractivity contribution in [3.8, 4) is 0 Å². The summed E-state index contributed by atoms with van der Waals surface area (Å²) in [4.78, 5) is 23.1. The van der Waals surface area contributed by atoms with Crippen LogP contribution in [0.3, 0.4) is 0 Å². The molecule has 0 rings (SSSR count). The summed E-state index contributed by atoms with van der Waals surface area (Å²) in [6, 6.07) is 0. The van der Waals surface area contributed by atoms with Crippen LogP contribution in [-0.2, 0) is 19.1 Å². The molecule has 0 saturated carbocycles. The third kappa shape index (κ3) is 15.1. The van der Waals surface area contributed by atoms with Gasteiger partial charge in [-0.05, 0) is 12.8 Å². The Morgan fingerprint density at radius 1 is 0.590 bits per heavy atom. The molecule has 0 aliphatic carbocycles. The fourth-order valence-corrected chi connectivity index (χ4v) is 4.27. The highest BCUT2D eigenvalue weighted by Crippen LogP contribution is 2.47. The summed E-state index contributed by atoms with van der Waals surface area (Å²) in [6.07, 6.45) is 12.3. The van der Waals surface area contributed by atoms with Crippen LogP contribution >= 0.6 is 0 Å². The Morgan fingerprint density at radius 2 is 0.923 bits per heavy atom. The maximum absolute atomic E-state index is 13.5. The molecule has 0 aromatic heterocycles. The predicted octanol–water partition coefficient (Wildman–Crippen LogP) is 9.73. The number of hydrogen-bond donors (Lipinski definition) is 0. The highest BCUT2D eigenvalue weighted by atomic mass is 19.4. The van der Waals surface area contributed by atoms with Gasteiger partial charge in [0.15, 0.2) is 6.10 Å².